The molecular weight excluding hydrogens is 218 g/mol. The zero-order chi connectivity index (χ0) is 11.2. The number of nitrogens with zero attached hydrogens (tertiary/aromatic N) is 2. The van der Waals surface area contributed by atoms with Crippen LogP contribution in [0.5, 0.6) is 0 Å². The van der Waals surface area contributed by atoms with E-state index in [-0.39, 0.29) is 0 Å². The van der Waals surface area contributed by atoms with E-state index in [1.807, 2.05) is 24.0 Å². The molecule has 0 bridgehead atoms. The third-order valence-corrected chi connectivity index (χ3v) is 4.63. The van der Waals surface area contributed by atoms with Gasteiger partial charge in [0.25, 0.3) is 0 Å². The van der Waals surface area contributed by atoms with Crippen LogP contribution in [0.4, 0.5) is 0 Å². The minimum atomic E-state index is 0.641. The van der Waals surface area contributed by atoms with E-state index in [0.29, 0.717) is 11.2 Å². The number of nitrogens with two attached hydrogens (primary N) is 1. The fourth-order valence-electron chi connectivity index (χ4n) is 2.28. The summed E-state index contributed by atoms with van der Waals surface area (Å²) in [6, 6.07) is 1.99. The molecule has 2 rings (SSSR count). The molecule has 88 valence electrons. The lowest BCUT2D eigenvalue weighted by molar-refractivity contribution is 0.483. The minimum absolute atomic E-state index is 0.641. The maximum atomic E-state index is 5.87. The highest BCUT2D eigenvalue weighted by molar-refractivity contribution is 7.99. The first-order chi connectivity index (χ1) is 7.90. The molecule has 3 nitrogen and oxygen atoms in total. The molecule has 16 heavy (non-hydrogen) atoms. The van der Waals surface area contributed by atoms with E-state index in [2.05, 4.69) is 9.97 Å². The number of rotatable bonds is 3. The van der Waals surface area contributed by atoms with E-state index in [9.17, 15) is 0 Å². The highest BCUT2D eigenvalue weighted by atomic mass is 32.2. The summed E-state index contributed by atoms with van der Waals surface area (Å²) >= 11 is 1.88. The molecule has 1 aliphatic rings. The van der Waals surface area contributed by atoms with Gasteiger partial charge in [0.15, 0.2) is 0 Å². The van der Waals surface area contributed by atoms with Crippen LogP contribution < -0.4 is 5.73 Å². The highest BCUT2D eigenvalue weighted by Gasteiger charge is 2.23. The van der Waals surface area contributed by atoms with Gasteiger partial charge in [-0.25, -0.2) is 9.97 Å². The van der Waals surface area contributed by atoms with E-state index >= 15 is 0 Å². The second-order valence-electron chi connectivity index (χ2n) is 4.34. The molecule has 4 heteroatoms. The van der Waals surface area contributed by atoms with Gasteiger partial charge in [-0.1, -0.05) is 19.3 Å². The second kappa shape index (κ2) is 6.21. The Hall–Kier alpha value is -0.610. The Morgan fingerprint density at radius 1 is 1.31 bits per heavy atom. The van der Waals surface area contributed by atoms with Crippen LogP contribution in [0.25, 0.3) is 0 Å². The lowest BCUT2D eigenvalue weighted by Crippen LogP contribution is -2.24. The largest absolute Gasteiger partial charge is 0.330 e. The summed E-state index contributed by atoms with van der Waals surface area (Å²) in [5.41, 5.74) is 5.87. The third-order valence-electron chi connectivity index (χ3n) is 3.22. The Kier molecular flexibility index (Phi) is 4.60. The Labute approximate surface area is 101 Å². The topological polar surface area (TPSA) is 51.8 Å². The van der Waals surface area contributed by atoms with Gasteiger partial charge in [0.2, 0.25) is 0 Å². The van der Waals surface area contributed by atoms with Crippen LogP contribution in [-0.2, 0) is 0 Å². The van der Waals surface area contributed by atoms with Gasteiger partial charge in [-0.3, -0.25) is 0 Å². The molecule has 1 heterocycles. The van der Waals surface area contributed by atoms with Crippen LogP contribution in [0.1, 0.15) is 32.1 Å². The van der Waals surface area contributed by atoms with Gasteiger partial charge >= 0.3 is 0 Å². The normalized spacial score (nSPS) is 26.3. The van der Waals surface area contributed by atoms with Gasteiger partial charge in [0.05, 0.1) is 5.03 Å². The SMILES string of the molecule is NCC1CCCCCC1Sc1ccncn1. The summed E-state index contributed by atoms with van der Waals surface area (Å²) in [4.78, 5) is 8.23. The Bertz CT molecular complexity index is 304. The molecule has 2 unspecified atom stereocenters. The van der Waals surface area contributed by atoms with E-state index in [1.165, 1.54) is 32.1 Å². The Morgan fingerprint density at radius 2 is 2.19 bits per heavy atom. The molecule has 2 N–H and O–H groups in total. The quantitative estimate of drug-likeness (QED) is 0.648. The Balaban J connectivity index is 2.00. The van der Waals surface area contributed by atoms with E-state index in [4.69, 9.17) is 5.73 Å². The van der Waals surface area contributed by atoms with Gasteiger partial charge in [0.1, 0.15) is 6.33 Å². The lowest BCUT2D eigenvalue weighted by atomic mass is 10.0. The first kappa shape index (κ1) is 11.9. The molecule has 0 aromatic carbocycles. The molecule has 0 amide bonds. The van der Waals surface area contributed by atoms with Crippen LogP contribution >= 0.6 is 11.8 Å². The Morgan fingerprint density at radius 3 is 2.94 bits per heavy atom. The summed E-state index contributed by atoms with van der Waals surface area (Å²) in [6.45, 7) is 0.808. The van der Waals surface area contributed by atoms with Crippen molar-refractivity contribution >= 4 is 11.8 Å². The maximum Gasteiger partial charge on any atom is 0.116 e. The summed E-state index contributed by atoms with van der Waals surface area (Å²) in [5, 5.41) is 1.72. The summed E-state index contributed by atoms with van der Waals surface area (Å²) in [5.74, 6) is 0.655. The van der Waals surface area contributed by atoms with Crippen molar-refractivity contribution in [3.8, 4) is 0 Å². The molecule has 0 radical (unpaired) electrons. The lowest BCUT2D eigenvalue weighted by Gasteiger charge is -2.22. The zero-order valence-electron chi connectivity index (χ0n) is 9.51. The van der Waals surface area contributed by atoms with Crippen molar-refractivity contribution in [3.63, 3.8) is 0 Å². The predicted molar refractivity (Wildman–Crippen MR) is 67.3 cm³/mol. The minimum Gasteiger partial charge on any atom is -0.330 e. The van der Waals surface area contributed by atoms with Crippen LogP contribution in [0.3, 0.4) is 0 Å². The summed E-state index contributed by atoms with van der Waals surface area (Å²) in [6.07, 6.45) is 10.0. The average molecular weight is 237 g/mol. The number of aromatic nitrogens is 2. The van der Waals surface area contributed by atoms with Gasteiger partial charge < -0.3 is 5.73 Å². The van der Waals surface area contributed by atoms with Gasteiger partial charge in [-0.15, -0.1) is 11.8 Å². The van der Waals surface area contributed by atoms with Gasteiger partial charge in [-0.2, -0.15) is 0 Å². The first-order valence-electron chi connectivity index (χ1n) is 6.03. The van der Waals surface area contributed by atoms with Crippen LogP contribution in [-0.4, -0.2) is 21.8 Å². The van der Waals surface area contributed by atoms with Crippen molar-refractivity contribution in [2.24, 2.45) is 11.7 Å². The van der Waals surface area contributed by atoms with Crippen molar-refractivity contribution in [2.75, 3.05) is 6.54 Å². The van der Waals surface area contributed by atoms with Crippen molar-refractivity contribution in [1.82, 2.24) is 9.97 Å². The smallest absolute Gasteiger partial charge is 0.116 e. The van der Waals surface area contributed by atoms with Crippen molar-refractivity contribution < 1.29 is 0 Å². The van der Waals surface area contributed by atoms with Crippen molar-refractivity contribution in [2.45, 2.75) is 42.4 Å². The zero-order valence-corrected chi connectivity index (χ0v) is 10.3. The van der Waals surface area contributed by atoms with Crippen LogP contribution in [0.2, 0.25) is 0 Å². The fourth-order valence-corrected chi connectivity index (χ4v) is 3.56. The van der Waals surface area contributed by atoms with E-state index in [0.717, 1.165) is 11.6 Å². The van der Waals surface area contributed by atoms with Crippen molar-refractivity contribution in [1.29, 1.82) is 0 Å². The standard InChI is InChI=1S/C12H19N3S/c13-8-10-4-2-1-3-5-11(10)16-12-6-7-14-9-15-12/h6-7,9-11H,1-5,8,13H2. The fraction of sp³-hybridized carbons (Fsp3) is 0.667. The third kappa shape index (κ3) is 3.19. The average Bonchev–Trinajstić information content (AvgIpc) is 2.55. The van der Waals surface area contributed by atoms with Gasteiger partial charge in [-0.05, 0) is 31.4 Å². The van der Waals surface area contributed by atoms with Crippen LogP contribution in [0, 0.1) is 5.92 Å². The predicted octanol–water partition coefficient (Wildman–Crippen LogP) is 2.48. The van der Waals surface area contributed by atoms with E-state index < -0.39 is 0 Å². The molecule has 0 spiro atoms. The number of thioether (sulfide) groups is 1. The summed E-state index contributed by atoms with van der Waals surface area (Å²) in [7, 11) is 0. The first-order valence-corrected chi connectivity index (χ1v) is 6.91. The molecule has 1 saturated carbocycles. The number of hydrogen-bond acceptors (Lipinski definition) is 4. The molecule has 1 fully saturated rings. The molecule has 1 aromatic rings. The molecule has 0 saturated heterocycles. The molecule has 1 aromatic heterocycles. The molecule has 0 aliphatic heterocycles. The summed E-state index contributed by atoms with van der Waals surface area (Å²) < 4.78 is 0. The molecular formula is C12H19N3S. The number of hydrogen-bond donors (Lipinski definition) is 1. The van der Waals surface area contributed by atoms with Gasteiger partial charge in [0, 0.05) is 11.4 Å². The van der Waals surface area contributed by atoms with E-state index in [1.54, 1.807) is 6.33 Å². The highest BCUT2D eigenvalue weighted by Crippen LogP contribution is 2.34. The second-order valence-corrected chi connectivity index (χ2v) is 5.60. The van der Waals surface area contributed by atoms with Crippen LogP contribution in [0.15, 0.2) is 23.6 Å². The monoisotopic (exact) mass is 237 g/mol. The molecule has 2 atom stereocenters. The molecule has 1 aliphatic carbocycles. The maximum absolute atomic E-state index is 5.87. The van der Waals surface area contributed by atoms with Crippen molar-refractivity contribution in [3.05, 3.63) is 18.6 Å².